The molecule has 1 fully saturated rings. The Morgan fingerprint density at radius 2 is 2.10 bits per heavy atom. The fourth-order valence-electron chi connectivity index (χ4n) is 3.11. The van der Waals surface area contributed by atoms with E-state index in [9.17, 15) is 15.2 Å². The van der Waals surface area contributed by atoms with Gasteiger partial charge in [-0.3, -0.25) is 4.79 Å². The maximum Gasteiger partial charge on any atom is 0.303 e. The van der Waals surface area contributed by atoms with Crippen LogP contribution in [0.25, 0.3) is 0 Å². The van der Waals surface area contributed by atoms with Crippen molar-refractivity contribution in [2.45, 2.75) is 38.5 Å². The molecule has 2 rings (SSSR count). The van der Waals surface area contributed by atoms with Gasteiger partial charge < -0.3 is 10.4 Å². The van der Waals surface area contributed by atoms with Crippen molar-refractivity contribution in [3.8, 4) is 6.07 Å². The largest absolute Gasteiger partial charge is 0.481 e. The van der Waals surface area contributed by atoms with Gasteiger partial charge in [-0.1, -0.05) is 36.9 Å². The van der Waals surface area contributed by atoms with Crippen LogP contribution < -0.4 is 5.32 Å². The zero-order chi connectivity index (χ0) is 15.3. The predicted octanol–water partition coefficient (Wildman–Crippen LogP) is 4.05. The molecule has 0 aromatic heterocycles. The van der Waals surface area contributed by atoms with E-state index in [1.807, 2.05) is 6.07 Å². The average molecular weight is 307 g/mol. The molecule has 0 atom stereocenters. The van der Waals surface area contributed by atoms with Gasteiger partial charge in [-0.15, -0.1) is 0 Å². The van der Waals surface area contributed by atoms with E-state index < -0.39 is 5.97 Å². The van der Waals surface area contributed by atoms with Crippen LogP contribution in [0.3, 0.4) is 0 Å². The van der Waals surface area contributed by atoms with Crippen LogP contribution in [0.2, 0.25) is 5.02 Å². The number of nitrogens with one attached hydrogen (secondary N) is 1. The summed E-state index contributed by atoms with van der Waals surface area (Å²) in [4.78, 5) is 11.2. The third kappa shape index (κ3) is 3.89. The summed E-state index contributed by atoms with van der Waals surface area (Å²) in [6.07, 6.45) is 5.29. The number of aliphatic carboxylic acids is 1. The number of rotatable bonds is 5. The average Bonchev–Trinajstić information content (AvgIpc) is 2.45. The van der Waals surface area contributed by atoms with E-state index in [1.165, 1.54) is 6.42 Å². The van der Waals surface area contributed by atoms with Gasteiger partial charge in [0.25, 0.3) is 0 Å². The standard InChI is InChI=1S/C16H19ClN2O2/c17-13-5-4-6-14(12(13)10-18)19-11-16(9-15(20)21)7-2-1-3-8-16/h4-6,19H,1-3,7-9,11H2,(H,20,21). The first-order valence-electron chi connectivity index (χ1n) is 7.21. The lowest BCUT2D eigenvalue weighted by molar-refractivity contribution is -0.140. The Morgan fingerprint density at radius 1 is 1.38 bits per heavy atom. The van der Waals surface area contributed by atoms with Crippen LogP contribution in [0, 0.1) is 16.7 Å². The summed E-state index contributed by atoms with van der Waals surface area (Å²) in [5.74, 6) is -0.759. The van der Waals surface area contributed by atoms with E-state index in [2.05, 4.69) is 11.4 Å². The van der Waals surface area contributed by atoms with E-state index in [0.717, 1.165) is 25.7 Å². The highest BCUT2D eigenvalue weighted by molar-refractivity contribution is 6.32. The number of hydrogen-bond acceptors (Lipinski definition) is 3. The molecule has 112 valence electrons. The third-order valence-electron chi connectivity index (χ3n) is 4.22. The Bertz CT molecular complexity index is 560. The molecule has 0 radical (unpaired) electrons. The number of carboxylic acid groups (broad SMARTS) is 1. The second-order valence-corrected chi connectivity index (χ2v) is 6.17. The molecule has 0 saturated heterocycles. The number of hydrogen-bond donors (Lipinski definition) is 2. The molecule has 1 saturated carbocycles. The molecule has 0 amide bonds. The van der Waals surface area contributed by atoms with Crippen molar-refractivity contribution >= 4 is 23.3 Å². The zero-order valence-corrected chi connectivity index (χ0v) is 12.6. The summed E-state index contributed by atoms with van der Waals surface area (Å²) in [7, 11) is 0. The van der Waals surface area contributed by atoms with Crippen LogP contribution in [0.1, 0.15) is 44.1 Å². The maximum absolute atomic E-state index is 11.2. The van der Waals surface area contributed by atoms with E-state index in [4.69, 9.17) is 11.6 Å². The number of anilines is 1. The highest BCUT2D eigenvalue weighted by Crippen LogP contribution is 2.40. The quantitative estimate of drug-likeness (QED) is 0.860. The summed E-state index contributed by atoms with van der Waals surface area (Å²) in [5, 5.41) is 22.0. The molecule has 1 aromatic rings. The minimum Gasteiger partial charge on any atom is -0.481 e. The van der Waals surface area contributed by atoms with Gasteiger partial charge in [0.1, 0.15) is 6.07 Å². The van der Waals surface area contributed by atoms with Crippen molar-refractivity contribution in [1.82, 2.24) is 0 Å². The summed E-state index contributed by atoms with van der Waals surface area (Å²) >= 11 is 6.01. The molecule has 1 aliphatic carbocycles. The maximum atomic E-state index is 11.2. The van der Waals surface area contributed by atoms with E-state index in [1.54, 1.807) is 12.1 Å². The second-order valence-electron chi connectivity index (χ2n) is 5.76. The zero-order valence-electron chi connectivity index (χ0n) is 11.9. The Morgan fingerprint density at radius 3 is 2.71 bits per heavy atom. The lowest BCUT2D eigenvalue weighted by atomic mass is 9.71. The molecule has 0 unspecified atom stereocenters. The van der Waals surface area contributed by atoms with Crippen molar-refractivity contribution in [1.29, 1.82) is 5.26 Å². The number of nitriles is 1. The predicted molar refractivity (Wildman–Crippen MR) is 82.4 cm³/mol. The van der Waals surface area contributed by atoms with Crippen LogP contribution in [0.4, 0.5) is 5.69 Å². The monoisotopic (exact) mass is 306 g/mol. The minimum absolute atomic E-state index is 0.169. The van der Waals surface area contributed by atoms with Crippen LogP contribution in [0.5, 0.6) is 0 Å². The lowest BCUT2D eigenvalue weighted by Crippen LogP contribution is -2.34. The van der Waals surface area contributed by atoms with Crippen molar-refractivity contribution in [2.75, 3.05) is 11.9 Å². The third-order valence-corrected chi connectivity index (χ3v) is 4.53. The fraction of sp³-hybridized carbons (Fsp3) is 0.500. The first-order chi connectivity index (χ1) is 10.1. The van der Waals surface area contributed by atoms with Gasteiger partial charge in [-0.2, -0.15) is 5.26 Å². The summed E-state index contributed by atoms with van der Waals surface area (Å²) in [5.41, 5.74) is 0.875. The van der Waals surface area contributed by atoms with Gasteiger partial charge in [-0.05, 0) is 30.4 Å². The minimum atomic E-state index is -0.759. The van der Waals surface area contributed by atoms with Gasteiger partial charge in [0.15, 0.2) is 0 Å². The number of benzene rings is 1. The Labute approximate surface area is 129 Å². The van der Waals surface area contributed by atoms with Gasteiger partial charge >= 0.3 is 5.97 Å². The molecule has 5 heteroatoms. The molecular formula is C16H19ClN2O2. The molecule has 2 N–H and O–H groups in total. The topological polar surface area (TPSA) is 73.1 Å². The van der Waals surface area contributed by atoms with Crippen molar-refractivity contribution in [3.05, 3.63) is 28.8 Å². The normalized spacial score (nSPS) is 17.0. The number of carboxylic acids is 1. The molecule has 4 nitrogen and oxygen atoms in total. The van der Waals surface area contributed by atoms with Crippen LogP contribution in [0.15, 0.2) is 18.2 Å². The van der Waals surface area contributed by atoms with Crippen molar-refractivity contribution in [3.63, 3.8) is 0 Å². The highest BCUT2D eigenvalue weighted by atomic mass is 35.5. The molecular weight excluding hydrogens is 288 g/mol. The number of nitrogens with zero attached hydrogens (tertiary/aromatic N) is 1. The van der Waals surface area contributed by atoms with Crippen molar-refractivity contribution < 1.29 is 9.90 Å². The SMILES string of the molecule is N#Cc1c(Cl)cccc1NCC1(CC(=O)O)CCCCC1. The fourth-order valence-corrected chi connectivity index (χ4v) is 3.32. The van der Waals surface area contributed by atoms with Crippen LogP contribution in [-0.2, 0) is 4.79 Å². The summed E-state index contributed by atoms with van der Waals surface area (Å²) in [6, 6.07) is 7.37. The second kappa shape index (κ2) is 6.82. The summed E-state index contributed by atoms with van der Waals surface area (Å²) < 4.78 is 0. The lowest BCUT2D eigenvalue weighted by Gasteiger charge is -2.36. The smallest absolute Gasteiger partial charge is 0.303 e. The van der Waals surface area contributed by atoms with E-state index in [-0.39, 0.29) is 11.8 Å². The molecule has 0 heterocycles. The highest BCUT2D eigenvalue weighted by Gasteiger charge is 2.34. The Balaban J connectivity index is 2.14. The number of halogens is 1. The number of carbonyl (C=O) groups is 1. The van der Waals surface area contributed by atoms with Crippen LogP contribution in [-0.4, -0.2) is 17.6 Å². The first-order valence-corrected chi connectivity index (χ1v) is 7.58. The van der Waals surface area contributed by atoms with Gasteiger partial charge in [0.2, 0.25) is 0 Å². The van der Waals surface area contributed by atoms with E-state index in [0.29, 0.717) is 22.8 Å². The molecule has 0 spiro atoms. The van der Waals surface area contributed by atoms with E-state index >= 15 is 0 Å². The van der Waals surface area contributed by atoms with Gasteiger partial charge in [0, 0.05) is 6.54 Å². The van der Waals surface area contributed by atoms with Crippen molar-refractivity contribution in [2.24, 2.45) is 5.41 Å². The molecule has 1 aromatic carbocycles. The molecule has 0 bridgehead atoms. The summed E-state index contributed by atoms with van der Waals surface area (Å²) in [6.45, 7) is 0.564. The molecule has 1 aliphatic rings. The van der Waals surface area contributed by atoms with Crippen LogP contribution >= 0.6 is 11.6 Å². The molecule has 21 heavy (non-hydrogen) atoms. The van der Waals surface area contributed by atoms with Gasteiger partial charge in [-0.25, -0.2) is 0 Å². The van der Waals surface area contributed by atoms with Gasteiger partial charge in [0.05, 0.1) is 22.7 Å². The molecule has 0 aliphatic heterocycles. The first kappa shape index (κ1) is 15.7. The Kier molecular flexibility index (Phi) is 5.08. The Hall–Kier alpha value is -1.73.